The molecule has 1 aromatic heterocycles. The SMILES string of the molecule is O=C(O)c1cc(C2CCCC2)nc2c(Cl)c(Cl)ccc12. The van der Waals surface area contributed by atoms with Gasteiger partial charge in [-0.15, -0.1) is 0 Å². The van der Waals surface area contributed by atoms with Gasteiger partial charge >= 0.3 is 5.97 Å². The summed E-state index contributed by atoms with van der Waals surface area (Å²) in [4.78, 5) is 16.1. The van der Waals surface area contributed by atoms with E-state index in [9.17, 15) is 9.90 Å². The van der Waals surface area contributed by atoms with Crippen LogP contribution in [0.15, 0.2) is 18.2 Å². The van der Waals surface area contributed by atoms with E-state index in [-0.39, 0.29) is 5.56 Å². The minimum atomic E-state index is -0.963. The van der Waals surface area contributed by atoms with E-state index in [1.165, 1.54) is 0 Å². The van der Waals surface area contributed by atoms with Gasteiger partial charge in [-0.2, -0.15) is 0 Å². The van der Waals surface area contributed by atoms with E-state index >= 15 is 0 Å². The highest BCUT2D eigenvalue weighted by Crippen LogP contribution is 2.37. The van der Waals surface area contributed by atoms with Crippen molar-refractivity contribution in [3.8, 4) is 0 Å². The zero-order valence-corrected chi connectivity index (χ0v) is 12.2. The van der Waals surface area contributed by atoms with E-state index in [4.69, 9.17) is 23.2 Å². The van der Waals surface area contributed by atoms with Gasteiger partial charge < -0.3 is 5.11 Å². The summed E-state index contributed by atoms with van der Waals surface area (Å²) in [7, 11) is 0. The topological polar surface area (TPSA) is 50.2 Å². The highest BCUT2D eigenvalue weighted by atomic mass is 35.5. The van der Waals surface area contributed by atoms with Crippen molar-refractivity contribution in [2.75, 3.05) is 0 Å². The maximum Gasteiger partial charge on any atom is 0.336 e. The molecular formula is C15H13Cl2NO2. The molecule has 3 nitrogen and oxygen atoms in total. The second kappa shape index (κ2) is 5.23. The lowest BCUT2D eigenvalue weighted by atomic mass is 9.99. The largest absolute Gasteiger partial charge is 0.478 e. The normalized spacial score (nSPS) is 15.9. The summed E-state index contributed by atoms with van der Waals surface area (Å²) in [5, 5.41) is 10.7. The van der Waals surface area contributed by atoms with Crippen LogP contribution in [-0.4, -0.2) is 16.1 Å². The van der Waals surface area contributed by atoms with Gasteiger partial charge in [-0.25, -0.2) is 4.79 Å². The molecule has 0 amide bonds. The van der Waals surface area contributed by atoms with Crippen LogP contribution in [0.1, 0.15) is 47.7 Å². The molecule has 1 aromatic carbocycles. The van der Waals surface area contributed by atoms with Crippen molar-refractivity contribution < 1.29 is 9.90 Å². The average Bonchev–Trinajstić information content (AvgIpc) is 2.96. The van der Waals surface area contributed by atoms with Gasteiger partial charge in [0.2, 0.25) is 0 Å². The van der Waals surface area contributed by atoms with Crippen LogP contribution in [0.3, 0.4) is 0 Å². The van der Waals surface area contributed by atoms with Crippen LogP contribution in [-0.2, 0) is 0 Å². The van der Waals surface area contributed by atoms with Crippen LogP contribution >= 0.6 is 23.2 Å². The summed E-state index contributed by atoms with van der Waals surface area (Å²) in [6.07, 6.45) is 4.43. The van der Waals surface area contributed by atoms with Crippen molar-refractivity contribution in [3.63, 3.8) is 0 Å². The molecule has 1 N–H and O–H groups in total. The van der Waals surface area contributed by atoms with E-state index in [0.29, 0.717) is 26.9 Å². The standard InChI is InChI=1S/C15H13Cl2NO2/c16-11-6-5-9-10(15(19)20)7-12(8-3-1-2-4-8)18-14(9)13(11)17/h5-8H,1-4H2,(H,19,20). The molecule has 1 saturated carbocycles. The van der Waals surface area contributed by atoms with Gasteiger partial charge in [-0.05, 0) is 25.0 Å². The molecule has 2 aromatic rings. The first-order valence-corrected chi connectivity index (χ1v) is 7.35. The third-order valence-electron chi connectivity index (χ3n) is 3.90. The van der Waals surface area contributed by atoms with E-state index < -0.39 is 5.97 Å². The lowest BCUT2D eigenvalue weighted by Crippen LogP contribution is -2.04. The smallest absolute Gasteiger partial charge is 0.336 e. The fraction of sp³-hybridized carbons (Fsp3) is 0.333. The maximum absolute atomic E-state index is 11.5. The number of carboxylic acid groups (broad SMARTS) is 1. The summed E-state index contributed by atoms with van der Waals surface area (Å²) in [6.45, 7) is 0. The minimum absolute atomic E-state index is 0.246. The lowest BCUT2D eigenvalue weighted by Gasteiger charge is -2.13. The van der Waals surface area contributed by atoms with Crippen LogP contribution in [0.4, 0.5) is 0 Å². The highest BCUT2D eigenvalue weighted by molar-refractivity contribution is 6.45. The van der Waals surface area contributed by atoms with Crippen molar-refractivity contribution in [1.29, 1.82) is 0 Å². The van der Waals surface area contributed by atoms with Crippen LogP contribution in [0.25, 0.3) is 10.9 Å². The van der Waals surface area contributed by atoms with Crippen LogP contribution in [0, 0.1) is 0 Å². The van der Waals surface area contributed by atoms with E-state index in [1.54, 1.807) is 18.2 Å². The molecular weight excluding hydrogens is 297 g/mol. The van der Waals surface area contributed by atoms with Crippen LogP contribution in [0.2, 0.25) is 10.0 Å². The maximum atomic E-state index is 11.5. The van der Waals surface area contributed by atoms with E-state index in [2.05, 4.69) is 4.98 Å². The summed E-state index contributed by atoms with van der Waals surface area (Å²) in [6, 6.07) is 4.96. The number of fused-ring (bicyclic) bond motifs is 1. The van der Waals surface area contributed by atoms with Gasteiger partial charge in [0.05, 0.1) is 21.1 Å². The van der Waals surface area contributed by atoms with E-state index in [0.717, 1.165) is 31.4 Å². The Kier molecular flexibility index (Phi) is 3.57. The monoisotopic (exact) mass is 309 g/mol. The van der Waals surface area contributed by atoms with Crippen molar-refractivity contribution in [2.24, 2.45) is 0 Å². The Morgan fingerprint density at radius 2 is 1.95 bits per heavy atom. The van der Waals surface area contributed by atoms with E-state index in [1.807, 2.05) is 0 Å². The molecule has 0 unspecified atom stereocenters. The second-order valence-corrected chi connectivity index (χ2v) is 5.92. The molecule has 1 aliphatic carbocycles. The molecule has 3 rings (SSSR count). The Morgan fingerprint density at radius 3 is 2.60 bits per heavy atom. The lowest BCUT2D eigenvalue weighted by molar-refractivity contribution is 0.0699. The third kappa shape index (κ3) is 2.25. The van der Waals surface area contributed by atoms with Crippen molar-refractivity contribution in [3.05, 3.63) is 39.5 Å². The summed E-state index contributed by atoms with van der Waals surface area (Å²) < 4.78 is 0. The number of carbonyl (C=O) groups is 1. The van der Waals surface area contributed by atoms with Crippen molar-refractivity contribution in [1.82, 2.24) is 4.98 Å². The number of hydrogen-bond donors (Lipinski definition) is 1. The number of hydrogen-bond acceptors (Lipinski definition) is 2. The molecule has 104 valence electrons. The third-order valence-corrected chi connectivity index (χ3v) is 4.69. The predicted molar refractivity (Wildman–Crippen MR) is 79.9 cm³/mol. The van der Waals surface area contributed by atoms with Gasteiger partial charge in [0, 0.05) is 17.0 Å². The molecule has 1 aliphatic rings. The number of aromatic nitrogens is 1. The zero-order chi connectivity index (χ0) is 14.3. The first kappa shape index (κ1) is 13.7. The van der Waals surface area contributed by atoms with Gasteiger partial charge in [0.1, 0.15) is 0 Å². The number of benzene rings is 1. The molecule has 1 fully saturated rings. The number of nitrogens with zero attached hydrogens (tertiary/aromatic N) is 1. The molecule has 20 heavy (non-hydrogen) atoms. The molecule has 0 bridgehead atoms. The number of rotatable bonds is 2. The first-order valence-electron chi connectivity index (χ1n) is 6.60. The Hall–Kier alpha value is -1.32. The summed E-state index contributed by atoms with van der Waals surface area (Å²) in [5.41, 5.74) is 1.55. The second-order valence-electron chi connectivity index (χ2n) is 5.14. The van der Waals surface area contributed by atoms with Gasteiger partial charge in [-0.3, -0.25) is 4.98 Å². The summed E-state index contributed by atoms with van der Waals surface area (Å²) >= 11 is 12.2. The fourth-order valence-electron chi connectivity index (χ4n) is 2.86. The molecule has 1 heterocycles. The molecule has 0 radical (unpaired) electrons. The number of carboxylic acids is 1. The van der Waals surface area contributed by atoms with Gasteiger partial charge in [-0.1, -0.05) is 42.1 Å². The van der Waals surface area contributed by atoms with Crippen molar-refractivity contribution >= 4 is 40.1 Å². The Labute approximate surface area is 126 Å². The van der Waals surface area contributed by atoms with Crippen LogP contribution in [0.5, 0.6) is 0 Å². The molecule has 0 aliphatic heterocycles. The van der Waals surface area contributed by atoms with Gasteiger partial charge in [0.25, 0.3) is 0 Å². The van der Waals surface area contributed by atoms with Crippen molar-refractivity contribution in [2.45, 2.75) is 31.6 Å². The first-order chi connectivity index (χ1) is 9.58. The molecule has 0 saturated heterocycles. The number of aromatic carboxylic acids is 1. The number of halogens is 2. The number of pyridine rings is 1. The predicted octanol–water partition coefficient (Wildman–Crippen LogP) is 4.90. The minimum Gasteiger partial charge on any atom is -0.478 e. The fourth-order valence-corrected chi connectivity index (χ4v) is 3.22. The van der Waals surface area contributed by atoms with Crippen LogP contribution < -0.4 is 0 Å². The zero-order valence-electron chi connectivity index (χ0n) is 10.7. The Bertz CT molecular complexity index is 694. The molecule has 0 spiro atoms. The summed E-state index contributed by atoms with van der Waals surface area (Å²) in [5.74, 6) is -0.636. The Balaban J connectivity index is 2.28. The molecule has 0 atom stereocenters. The molecule has 5 heteroatoms. The average molecular weight is 310 g/mol. The quantitative estimate of drug-likeness (QED) is 0.858. The highest BCUT2D eigenvalue weighted by Gasteiger charge is 2.22. The van der Waals surface area contributed by atoms with Gasteiger partial charge in [0.15, 0.2) is 0 Å². The Morgan fingerprint density at radius 1 is 1.25 bits per heavy atom.